The molecule has 0 aromatic rings. The topological polar surface area (TPSA) is 66.8 Å². The van der Waals surface area contributed by atoms with Crippen molar-refractivity contribution < 1.29 is 19.4 Å². The van der Waals surface area contributed by atoms with Crippen LogP contribution in [0.3, 0.4) is 0 Å². The second kappa shape index (κ2) is 9.82. The van der Waals surface area contributed by atoms with Crippen LogP contribution in [0.2, 0.25) is 0 Å². The molecule has 1 aliphatic rings. The van der Waals surface area contributed by atoms with Gasteiger partial charge in [0.2, 0.25) is 0 Å². The number of nitrogens with zero attached hydrogens (tertiary/aromatic N) is 1. The molecule has 1 aliphatic heterocycles. The first-order valence-electron chi connectivity index (χ1n) is 8.53. The van der Waals surface area contributed by atoms with E-state index in [4.69, 9.17) is 4.74 Å². The predicted octanol–water partition coefficient (Wildman–Crippen LogP) is 3.29. The van der Waals surface area contributed by atoms with Crippen LogP contribution in [0.4, 0.5) is 4.79 Å². The predicted molar refractivity (Wildman–Crippen MR) is 85.7 cm³/mol. The van der Waals surface area contributed by atoms with Gasteiger partial charge in [-0.3, -0.25) is 0 Å². The maximum Gasteiger partial charge on any atom is 0.409 e. The van der Waals surface area contributed by atoms with Crippen molar-refractivity contribution in [2.24, 2.45) is 0 Å². The molecule has 1 heterocycles. The Morgan fingerprint density at radius 1 is 1.32 bits per heavy atom. The lowest BCUT2D eigenvalue weighted by Crippen LogP contribution is -2.51. The van der Waals surface area contributed by atoms with Crippen LogP contribution in [-0.2, 0) is 9.53 Å². The molecule has 1 N–H and O–H groups in total. The number of hydrogen-bond acceptors (Lipinski definition) is 4. The molecule has 1 saturated heterocycles. The first kappa shape index (κ1) is 18.9. The number of carbonyl (C=O) groups is 2. The molecule has 3 atom stereocenters. The van der Waals surface area contributed by atoms with Crippen molar-refractivity contribution in [3.05, 3.63) is 0 Å². The van der Waals surface area contributed by atoms with Gasteiger partial charge in [0.05, 0.1) is 13.2 Å². The molecule has 0 spiro atoms. The van der Waals surface area contributed by atoms with Gasteiger partial charge in [0.1, 0.15) is 5.78 Å². The van der Waals surface area contributed by atoms with E-state index in [-0.39, 0.29) is 30.1 Å². The van der Waals surface area contributed by atoms with E-state index in [1.54, 1.807) is 6.92 Å². The summed E-state index contributed by atoms with van der Waals surface area (Å²) < 4.78 is 4.96. The van der Waals surface area contributed by atoms with Crippen LogP contribution in [0.5, 0.6) is 0 Å². The summed E-state index contributed by atoms with van der Waals surface area (Å²) in [7, 11) is 1.41. The maximum atomic E-state index is 12.2. The van der Waals surface area contributed by atoms with Gasteiger partial charge in [-0.25, -0.2) is 4.79 Å². The number of likely N-dealkylation sites (tertiary alicyclic amines) is 1. The Kier molecular flexibility index (Phi) is 8.46. The number of ketones is 1. The third kappa shape index (κ3) is 5.95. The lowest BCUT2D eigenvalue weighted by atomic mass is 9.89. The van der Waals surface area contributed by atoms with Crippen LogP contribution in [0.1, 0.15) is 71.6 Å². The SMILES string of the molecule is CCC[C@@H](O)C[C@@H]1CCC[C@@H](CCCC(C)=O)N1C(=O)OC. The van der Waals surface area contributed by atoms with E-state index in [2.05, 4.69) is 0 Å². The summed E-state index contributed by atoms with van der Waals surface area (Å²) in [6.07, 6.45) is 6.77. The molecule has 0 bridgehead atoms. The second-order valence-electron chi connectivity index (χ2n) is 6.39. The third-order valence-corrected chi connectivity index (χ3v) is 4.48. The van der Waals surface area contributed by atoms with Crippen molar-refractivity contribution in [1.29, 1.82) is 0 Å². The first-order valence-corrected chi connectivity index (χ1v) is 8.53. The first-order chi connectivity index (χ1) is 10.5. The van der Waals surface area contributed by atoms with Gasteiger partial charge in [-0.2, -0.15) is 0 Å². The summed E-state index contributed by atoms with van der Waals surface area (Å²) in [5, 5.41) is 10.1. The summed E-state index contributed by atoms with van der Waals surface area (Å²) in [5.74, 6) is 0.190. The van der Waals surface area contributed by atoms with Gasteiger partial charge in [0, 0.05) is 18.5 Å². The van der Waals surface area contributed by atoms with E-state index in [9.17, 15) is 14.7 Å². The number of amides is 1. The fraction of sp³-hybridized carbons (Fsp3) is 0.882. The average molecular weight is 313 g/mol. The zero-order valence-electron chi connectivity index (χ0n) is 14.2. The number of aliphatic hydroxyl groups is 1. The Morgan fingerprint density at radius 3 is 2.59 bits per heavy atom. The molecule has 22 heavy (non-hydrogen) atoms. The minimum absolute atomic E-state index is 0.0464. The highest BCUT2D eigenvalue weighted by molar-refractivity contribution is 5.75. The molecule has 0 saturated carbocycles. The Hall–Kier alpha value is -1.10. The summed E-state index contributed by atoms with van der Waals surface area (Å²) in [6, 6.07) is 0.171. The summed E-state index contributed by atoms with van der Waals surface area (Å²) >= 11 is 0. The zero-order chi connectivity index (χ0) is 16.5. The average Bonchev–Trinajstić information content (AvgIpc) is 2.46. The maximum absolute atomic E-state index is 12.2. The van der Waals surface area contributed by atoms with Crippen molar-refractivity contribution in [3.63, 3.8) is 0 Å². The molecule has 128 valence electrons. The van der Waals surface area contributed by atoms with Crippen LogP contribution in [0.15, 0.2) is 0 Å². The van der Waals surface area contributed by atoms with Crippen molar-refractivity contribution in [2.45, 2.75) is 89.8 Å². The second-order valence-corrected chi connectivity index (χ2v) is 6.39. The molecular formula is C17H31NO4. The van der Waals surface area contributed by atoms with Gasteiger partial charge in [0.15, 0.2) is 0 Å². The molecule has 0 unspecified atom stereocenters. The minimum Gasteiger partial charge on any atom is -0.453 e. The van der Waals surface area contributed by atoms with Gasteiger partial charge in [-0.05, 0) is 51.9 Å². The number of hydrogen-bond donors (Lipinski definition) is 1. The summed E-state index contributed by atoms with van der Waals surface area (Å²) in [6.45, 7) is 3.65. The highest BCUT2D eigenvalue weighted by Gasteiger charge is 2.35. The van der Waals surface area contributed by atoms with Crippen LogP contribution in [0.25, 0.3) is 0 Å². The lowest BCUT2D eigenvalue weighted by Gasteiger charge is -2.42. The van der Waals surface area contributed by atoms with Gasteiger partial charge in [0.25, 0.3) is 0 Å². The Bertz CT molecular complexity index is 359. The van der Waals surface area contributed by atoms with E-state index >= 15 is 0 Å². The number of carbonyl (C=O) groups excluding carboxylic acids is 2. The lowest BCUT2D eigenvalue weighted by molar-refractivity contribution is -0.117. The number of Topliss-reactive ketones (excluding diaryl/α,β-unsaturated/α-hetero) is 1. The van der Waals surface area contributed by atoms with E-state index in [1.165, 1.54) is 7.11 Å². The number of methoxy groups -OCH3 is 1. The van der Waals surface area contributed by atoms with Gasteiger partial charge >= 0.3 is 6.09 Å². The molecule has 5 nitrogen and oxygen atoms in total. The van der Waals surface area contributed by atoms with Gasteiger partial charge < -0.3 is 19.5 Å². The molecule has 1 fully saturated rings. The molecule has 1 amide bonds. The molecule has 0 aromatic heterocycles. The highest BCUT2D eigenvalue weighted by atomic mass is 16.5. The fourth-order valence-corrected chi connectivity index (χ4v) is 3.44. The smallest absolute Gasteiger partial charge is 0.409 e. The largest absolute Gasteiger partial charge is 0.453 e. The van der Waals surface area contributed by atoms with E-state index in [0.29, 0.717) is 12.8 Å². The van der Waals surface area contributed by atoms with Crippen LogP contribution >= 0.6 is 0 Å². The zero-order valence-corrected chi connectivity index (χ0v) is 14.2. The quantitative estimate of drug-likeness (QED) is 0.746. The fourth-order valence-electron chi connectivity index (χ4n) is 3.44. The van der Waals surface area contributed by atoms with E-state index in [1.807, 2.05) is 11.8 Å². The molecule has 0 radical (unpaired) electrons. The number of aliphatic hydroxyl groups excluding tert-OH is 1. The summed E-state index contributed by atoms with van der Waals surface area (Å²) in [4.78, 5) is 25.1. The molecule has 0 aliphatic carbocycles. The third-order valence-electron chi connectivity index (χ3n) is 4.48. The monoisotopic (exact) mass is 313 g/mol. The molecular weight excluding hydrogens is 282 g/mol. The van der Waals surface area contributed by atoms with E-state index < -0.39 is 0 Å². The molecule has 0 aromatic carbocycles. The number of piperidine rings is 1. The van der Waals surface area contributed by atoms with Gasteiger partial charge in [-0.15, -0.1) is 0 Å². The summed E-state index contributed by atoms with van der Waals surface area (Å²) in [5.41, 5.74) is 0. The normalized spacial score (nSPS) is 23.2. The molecule has 5 heteroatoms. The Labute approximate surface area is 134 Å². The highest BCUT2D eigenvalue weighted by Crippen LogP contribution is 2.30. The minimum atomic E-state index is -0.363. The van der Waals surface area contributed by atoms with Crippen molar-refractivity contribution in [3.8, 4) is 0 Å². The van der Waals surface area contributed by atoms with Gasteiger partial charge in [-0.1, -0.05) is 13.3 Å². The van der Waals surface area contributed by atoms with Crippen molar-refractivity contribution in [2.75, 3.05) is 7.11 Å². The Balaban J connectivity index is 2.69. The van der Waals surface area contributed by atoms with E-state index in [0.717, 1.165) is 44.9 Å². The van der Waals surface area contributed by atoms with Crippen molar-refractivity contribution in [1.82, 2.24) is 4.90 Å². The molecule has 1 rings (SSSR count). The van der Waals surface area contributed by atoms with Crippen LogP contribution in [0, 0.1) is 0 Å². The number of rotatable bonds is 8. The number of ether oxygens (including phenoxy) is 1. The van der Waals surface area contributed by atoms with Crippen molar-refractivity contribution >= 4 is 11.9 Å². The van der Waals surface area contributed by atoms with Crippen LogP contribution in [-0.4, -0.2) is 47.2 Å². The van der Waals surface area contributed by atoms with Crippen LogP contribution < -0.4 is 0 Å². The Morgan fingerprint density at radius 2 is 2.00 bits per heavy atom. The standard InChI is InChI=1S/C17H31NO4/c1-4-7-16(20)12-15-11-6-10-14(9-5-8-13(2)19)18(15)17(21)22-3/h14-16,20H,4-12H2,1-3H3/t14-,15+,16-/m1/s1.